The number of hydrogen-bond acceptors (Lipinski definition) is 5. The van der Waals surface area contributed by atoms with Gasteiger partial charge in [-0.25, -0.2) is 4.98 Å². The Labute approximate surface area is 174 Å². The number of ether oxygens (including phenoxy) is 2. The number of amides is 1. The van der Waals surface area contributed by atoms with Crippen molar-refractivity contribution in [1.29, 1.82) is 0 Å². The summed E-state index contributed by atoms with van der Waals surface area (Å²) in [6.07, 6.45) is 3.62. The lowest BCUT2D eigenvalue weighted by atomic mass is 10.1. The summed E-state index contributed by atoms with van der Waals surface area (Å²) in [6, 6.07) is 15.6. The molecule has 0 radical (unpaired) electrons. The number of carbonyl (C=O) groups excluding carboxylic acids is 1. The Morgan fingerprint density at radius 2 is 1.93 bits per heavy atom. The van der Waals surface area contributed by atoms with E-state index in [9.17, 15) is 4.79 Å². The highest BCUT2D eigenvalue weighted by Gasteiger charge is 2.24. The molecule has 3 aromatic rings. The standard InChI is InChI=1S/C22H23N3O3S/c1-3-24(15-16-8-7-11-19-20(16)28-13-12-27-19)21(26)18-14-23-22(29-2)25(18)17-9-5-4-6-10-17/h4-11,14H,3,12-13,15H2,1-2H3. The average molecular weight is 410 g/mol. The molecule has 1 amide bonds. The van der Waals surface area contributed by atoms with Crippen molar-refractivity contribution in [2.45, 2.75) is 18.6 Å². The third-order valence-electron chi connectivity index (χ3n) is 4.82. The zero-order valence-electron chi connectivity index (χ0n) is 16.5. The first-order chi connectivity index (χ1) is 14.2. The van der Waals surface area contributed by atoms with Crippen LogP contribution in [0.15, 0.2) is 59.9 Å². The average Bonchev–Trinajstić information content (AvgIpc) is 3.22. The molecule has 0 aliphatic carbocycles. The maximum Gasteiger partial charge on any atom is 0.272 e. The molecule has 0 saturated heterocycles. The fourth-order valence-electron chi connectivity index (χ4n) is 3.41. The quantitative estimate of drug-likeness (QED) is 0.576. The molecule has 6 nitrogen and oxygen atoms in total. The summed E-state index contributed by atoms with van der Waals surface area (Å²) in [4.78, 5) is 19.7. The van der Waals surface area contributed by atoms with E-state index in [2.05, 4.69) is 4.98 Å². The van der Waals surface area contributed by atoms with Gasteiger partial charge in [0.1, 0.15) is 18.9 Å². The Hall–Kier alpha value is -2.93. The Balaban J connectivity index is 1.67. The lowest BCUT2D eigenvalue weighted by Crippen LogP contribution is -2.32. The van der Waals surface area contributed by atoms with Crippen LogP contribution in [0.25, 0.3) is 5.69 Å². The predicted molar refractivity (Wildman–Crippen MR) is 113 cm³/mol. The highest BCUT2D eigenvalue weighted by atomic mass is 32.2. The molecule has 1 aliphatic rings. The van der Waals surface area contributed by atoms with E-state index in [1.165, 1.54) is 11.8 Å². The second-order valence-corrected chi connectivity index (χ2v) is 7.34. The number of nitrogens with zero attached hydrogens (tertiary/aromatic N) is 3. The van der Waals surface area contributed by atoms with Gasteiger partial charge in [-0.1, -0.05) is 42.1 Å². The highest BCUT2D eigenvalue weighted by molar-refractivity contribution is 7.98. The molecular formula is C22H23N3O3S. The fraction of sp³-hybridized carbons (Fsp3) is 0.273. The summed E-state index contributed by atoms with van der Waals surface area (Å²) in [5, 5.41) is 0.782. The number of benzene rings is 2. The molecule has 0 atom stereocenters. The van der Waals surface area contributed by atoms with Gasteiger partial charge in [0.15, 0.2) is 16.7 Å². The van der Waals surface area contributed by atoms with Crippen molar-refractivity contribution in [1.82, 2.24) is 14.5 Å². The van der Waals surface area contributed by atoms with Gasteiger partial charge >= 0.3 is 0 Å². The Kier molecular flexibility index (Phi) is 5.76. The largest absolute Gasteiger partial charge is 0.486 e. The molecule has 150 valence electrons. The molecule has 0 fully saturated rings. The summed E-state index contributed by atoms with van der Waals surface area (Å²) >= 11 is 1.51. The number of aromatic nitrogens is 2. The molecule has 0 bridgehead atoms. The van der Waals surface area contributed by atoms with E-state index in [1.807, 2.05) is 66.3 Å². The summed E-state index contributed by atoms with van der Waals surface area (Å²) in [7, 11) is 0. The molecule has 7 heteroatoms. The number of carbonyl (C=O) groups is 1. The zero-order valence-corrected chi connectivity index (χ0v) is 17.3. The van der Waals surface area contributed by atoms with Crippen molar-refractivity contribution in [2.75, 3.05) is 26.0 Å². The van der Waals surface area contributed by atoms with E-state index >= 15 is 0 Å². The Morgan fingerprint density at radius 3 is 2.69 bits per heavy atom. The third kappa shape index (κ3) is 3.82. The van der Waals surface area contributed by atoms with Gasteiger partial charge in [-0.3, -0.25) is 9.36 Å². The van der Waals surface area contributed by atoms with Gasteiger partial charge in [-0.15, -0.1) is 0 Å². The molecule has 1 aliphatic heterocycles. The number of hydrogen-bond donors (Lipinski definition) is 0. The predicted octanol–water partition coefficient (Wildman–Crippen LogP) is 4.03. The summed E-state index contributed by atoms with van der Waals surface area (Å²) in [6.45, 7) is 4.04. The monoisotopic (exact) mass is 409 g/mol. The molecule has 0 N–H and O–H groups in total. The van der Waals surface area contributed by atoms with Crippen molar-refractivity contribution in [3.8, 4) is 17.2 Å². The minimum Gasteiger partial charge on any atom is -0.486 e. The Bertz CT molecular complexity index is 1000. The lowest BCUT2D eigenvalue weighted by Gasteiger charge is -2.25. The van der Waals surface area contributed by atoms with Gasteiger partial charge in [0.05, 0.1) is 6.20 Å². The van der Waals surface area contributed by atoms with Crippen LogP contribution in [0.2, 0.25) is 0 Å². The summed E-state index contributed by atoms with van der Waals surface area (Å²) in [5.41, 5.74) is 2.40. The van der Waals surface area contributed by atoms with Crippen LogP contribution in [0.5, 0.6) is 11.5 Å². The van der Waals surface area contributed by atoms with Crippen molar-refractivity contribution in [2.24, 2.45) is 0 Å². The summed E-state index contributed by atoms with van der Waals surface area (Å²) in [5.74, 6) is 1.39. The van der Waals surface area contributed by atoms with E-state index in [-0.39, 0.29) is 5.91 Å². The first kappa shape index (κ1) is 19.4. The van der Waals surface area contributed by atoms with Gasteiger partial charge in [-0.2, -0.15) is 0 Å². The van der Waals surface area contributed by atoms with Crippen LogP contribution < -0.4 is 9.47 Å². The number of para-hydroxylation sites is 2. The number of fused-ring (bicyclic) bond motifs is 1. The third-order valence-corrected chi connectivity index (χ3v) is 5.48. The van der Waals surface area contributed by atoms with E-state index in [1.54, 1.807) is 11.1 Å². The van der Waals surface area contributed by atoms with Crippen molar-refractivity contribution in [3.63, 3.8) is 0 Å². The topological polar surface area (TPSA) is 56.6 Å². The van der Waals surface area contributed by atoms with Crippen LogP contribution in [-0.2, 0) is 6.54 Å². The van der Waals surface area contributed by atoms with Crippen LogP contribution in [0.4, 0.5) is 0 Å². The normalized spacial score (nSPS) is 12.6. The second-order valence-electron chi connectivity index (χ2n) is 6.56. The molecule has 1 aromatic heterocycles. The van der Waals surface area contributed by atoms with Gasteiger partial charge in [0, 0.05) is 24.3 Å². The van der Waals surface area contributed by atoms with E-state index in [0.717, 1.165) is 27.9 Å². The minimum atomic E-state index is -0.0708. The van der Waals surface area contributed by atoms with Crippen LogP contribution in [0, 0.1) is 0 Å². The molecule has 0 spiro atoms. The molecule has 0 unspecified atom stereocenters. The zero-order chi connectivity index (χ0) is 20.2. The van der Waals surface area contributed by atoms with Gasteiger partial charge in [0.25, 0.3) is 5.91 Å². The van der Waals surface area contributed by atoms with Gasteiger partial charge < -0.3 is 14.4 Å². The minimum absolute atomic E-state index is 0.0708. The molecule has 29 heavy (non-hydrogen) atoms. The maximum absolute atomic E-state index is 13.5. The van der Waals surface area contributed by atoms with Crippen molar-refractivity contribution >= 4 is 17.7 Å². The SMILES string of the molecule is CCN(Cc1cccc2c1OCCO2)C(=O)c1cnc(SC)n1-c1ccccc1. The van der Waals surface area contributed by atoms with Crippen LogP contribution in [-0.4, -0.2) is 46.4 Å². The molecule has 2 heterocycles. The molecule has 4 rings (SSSR count). The van der Waals surface area contributed by atoms with E-state index in [4.69, 9.17) is 9.47 Å². The fourth-order valence-corrected chi connectivity index (χ4v) is 3.95. The van der Waals surface area contributed by atoms with Gasteiger partial charge in [0.2, 0.25) is 0 Å². The maximum atomic E-state index is 13.5. The van der Waals surface area contributed by atoms with Crippen LogP contribution in [0.1, 0.15) is 23.0 Å². The first-order valence-electron chi connectivity index (χ1n) is 9.56. The number of thioether (sulfide) groups is 1. The number of imidazole rings is 1. The Morgan fingerprint density at radius 1 is 1.14 bits per heavy atom. The molecule has 0 saturated carbocycles. The second kappa shape index (κ2) is 8.61. The molecule has 2 aromatic carbocycles. The van der Waals surface area contributed by atoms with Crippen LogP contribution in [0.3, 0.4) is 0 Å². The lowest BCUT2D eigenvalue weighted by molar-refractivity contribution is 0.0740. The number of rotatable bonds is 6. The van der Waals surface area contributed by atoms with Gasteiger partial charge in [-0.05, 0) is 31.4 Å². The van der Waals surface area contributed by atoms with E-state index in [0.29, 0.717) is 32.0 Å². The molecular weight excluding hydrogens is 386 g/mol. The van der Waals surface area contributed by atoms with Crippen molar-refractivity contribution in [3.05, 3.63) is 66.0 Å². The van der Waals surface area contributed by atoms with Crippen LogP contribution >= 0.6 is 11.8 Å². The smallest absolute Gasteiger partial charge is 0.272 e. The highest BCUT2D eigenvalue weighted by Crippen LogP contribution is 2.34. The van der Waals surface area contributed by atoms with Crippen molar-refractivity contribution < 1.29 is 14.3 Å². The summed E-state index contributed by atoms with van der Waals surface area (Å²) < 4.78 is 13.4. The first-order valence-corrected chi connectivity index (χ1v) is 10.8. The van der Waals surface area contributed by atoms with E-state index < -0.39 is 0 Å².